The van der Waals surface area contributed by atoms with Crippen molar-refractivity contribution in [3.05, 3.63) is 169 Å². The van der Waals surface area contributed by atoms with Crippen LogP contribution in [0.4, 0.5) is 0 Å². The Bertz CT molecular complexity index is 2180. The Balaban J connectivity index is 0.945. The summed E-state index contributed by atoms with van der Waals surface area (Å²) in [5.74, 6) is 1.75. The summed E-state index contributed by atoms with van der Waals surface area (Å²) in [6.07, 6.45) is 1.73. The van der Waals surface area contributed by atoms with Crippen molar-refractivity contribution >= 4 is 19.7 Å². The zero-order valence-corrected chi connectivity index (χ0v) is 32.4. The third-order valence-electron chi connectivity index (χ3n) is 9.02. The van der Waals surface area contributed by atoms with Crippen molar-refractivity contribution in [2.45, 2.75) is 64.9 Å². The van der Waals surface area contributed by atoms with E-state index >= 15 is 0 Å². The average Bonchev–Trinajstić information content (AvgIpc) is 3.21. The number of benzene rings is 6. The maximum absolute atomic E-state index is 13.6. The molecule has 10 heteroatoms. The lowest BCUT2D eigenvalue weighted by molar-refractivity contribution is 0.220. The summed E-state index contributed by atoms with van der Waals surface area (Å²) in [6, 6.07) is 45.5. The zero-order valence-electron chi connectivity index (χ0n) is 30.8. The number of hydrogen-bond donors (Lipinski definition) is 0. The summed E-state index contributed by atoms with van der Waals surface area (Å²) >= 11 is 0. The average molecular weight is 777 g/mol. The Kier molecular flexibility index (Phi) is 12.9. The molecule has 284 valence electrons. The van der Waals surface area contributed by atoms with Gasteiger partial charge in [0.1, 0.15) is 45.0 Å². The van der Waals surface area contributed by atoms with Gasteiger partial charge in [0.2, 0.25) is 19.7 Å². The van der Waals surface area contributed by atoms with E-state index in [1.807, 2.05) is 74.5 Å². The molecule has 0 bridgehead atoms. The summed E-state index contributed by atoms with van der Waals surface area (Å²) in [5.41, 5.74) is 1.89. The molecule has 2 atom stereocenters. The Morgan fingerprint density at radius 2 is 0.764 bits per heavy atom. The van der Waals surface area contributed by atoms with Crippen LogP contribution in [0.2, 0.25) is 0 Å². The SMILES string of the molecule is CC(Oc1ccccc1S(=O)(=O)c1ccc(OCCCCCOc2ccc(S(=O)(=O)c3ccccc3OC(C)c3ccccc3)cc2)cc1)c1ccccc1. The topological polar surface area (TPSA) is 105 Å². The van der Waals surface area contributed by atoms with Crippen molar-refractivity contribution in [2.75, 3.05) is 13.2 Å². The molecule has 0 aliphatic heterocycles. The second-order valence-corrected chi connectivity index (χ2v) is 16.8. The van der Waals surface area contributed by atoms with E-state index in [9.17, 15) is 16.8 Å². The van der Waals surface area contributed by atoms with Crippen LogP contribution in [0.25, 0.3) is 0 Å². The first-order valence-electron chi connectivity index (χ1n) is 18.2. The number of para-hydroxylation sites is 2. The number of ether oxygens (including phenoxy) is 4. The van der Waals surface area contributed by atoms with Crippen LogP contribution in [-0.4, -0.2) is 30.0 Å². The van der Waals surface area contributed by atoms with Gasteiger partial charge in [0, 0.05) is 0 Å². The number of rotatable bonds is 18. The predicted octanol–water partition coefficient (Wildman–Crippen LogP) is 10.3. The molecule has 0 heterocycles. The first kappa shape index (κ1) is 39.1. The summed E-state index contributed by atoms with van der Waals surface area (Å²) in [6.45, 7) is 4.70. The molecule has 8 nitrogen and oxygen atoms in total. The van der Waals surface area contributed by atoms with E-state index in [1.54, 1.807) is 97.1 Å². The largest absolute Gasteiger partial charge is 0.494 e. The molecule has 0 radical (unpaired) electrons. The molecule has 6 aromatic rings. The van der Waals surface area contributed by atoms with E-state index in [0.29, 0.717) is 36.2 Å². The van der Waals surface area contributed by atoms with E-state index in [-0.39, 0.29) is 31.8 Å². The highest BCUT2D eigenvalue weighted by atomic mass is 32.2. The highest BCUT2D eigenvalue weighted by Gasteiger charge is 2.25. The normalized spacial score (nSPS) is 12.7. The molecule has 2 unspecified atom stereocenters. The van der Waals surface area contributed by atoms with Crippen molar-refractivity contribution in [2.24, 2.45) is 0 Å². The quantitative estimate of drug-likeness (QED) is 0.0795. The minimum atomic E-state index is -3.84. The van der Waals surface area contributed by atoms with Gasteiger partial charge in [-0.3, -0.25) is 0 Å². The second-order valence-electron chi connectivity index (χ2n) is 12.9. The van der Waals surface area contributed by atoms with Crippen LogP contribution in [0.15, 0.2) is 177 Å². The Labute approximate surface area is 324 Å². The second kappa shape index (κ2) is 18.2. The van der Waals surface area contributed by atoms with Crippen LogP contribution >= 0.6 is 0 Å². The lowest BCUT2D eigenvalue weighted by Gasteiger charge is -2.18. The van der Waals surface area contributed by atoms with Gasteiger partial charge in [-0.25, -0.2) is 16.8 Å². The van der Waals surface area contributed by atoms with E-state index in [2.05, 4.69) is 0 Å². The molecule has 0 spiro atoms. The van der Waals surface area contributed by atoms with Crippen molar-refractivity contribution in [1.82, 2.24) is 0 Å². The molecule has 0 saturated carbocycles. The fraction of sp³-hybridized carbons (Fsp3) is 0.200. The van der Waals surface area contributed by atoms with E-state index in [0.717, 1.165) is 30.4 Å². The summed E-state index contributed by atoms with van der Waals surface area (Å²) in [5, 5.41) is 0. The fourth-order valence-corrected chi connectivity index (χ4v) is 8.72. The number of unbranched alkanes of at least 4 members (excludes halogenated alkanes) is 2. The highest BCUT2D eigenvalue weighted by molar-refractivity contribution is 7.92. The smallest absolute Gasteiger partial charge is 0.210 e. The van der Waals surface area contributed by atoms with E-state index in [1.165, 1.54) is 0 Å². The molecule has 0 aliphatic carbocycles. The lowest BCUT2D eigenvalue weighted by atomic mass is 10.1. The first-order chi connectivity index (χ1) is 26.6. The monoisotopic (exact) mass is 776 g/mol. The molecular formula is C45H44O8S2. The maximum Gasteiger partial charge on any atom is 0.210 e. The molecule has 6 rings (SSSR count). The maximum atomic E-state index is 13.6. The van der Waals surface area contributed by atoms with Crippen molar-refractivity contribution < 1.29 is 35.8 Å². The lowest BCUT2D eigenvalue weighted by Crippen LogP contribution is -2.09. The van der Waals surface area contributed by atoms with Gasteiger partial charge in [0.05, 0.1) is 23.0 Å². The standard InChI is InChI=1S/C45H44O8S2/c1-34(36-16-6-3-7-17-36)52-42-20-10-12-22-44(42)54(46,47)40-28-24-38(25-29-40)50-32-14-5-15-33-51-39-26-30-41(31-27-39)55(48,49)45-23-13-11-21-43(45)53-35(2)37-18-8-4-9-19-37/h3-4,6-13,16-31,34-35H,5,14-15,32-33H2,1-2H3. The van der Waals surface area contributed by atoms with Crippen LogP contribution < -0.4 is 18.9 Å². The Morgan fingerprint density at radius 3 is 1.15 bits per heavy atom. The summed E-state index contributed by atoms with van der Waals surface area (Å²) < 4.78 is 78.3. The van der Waals surface area contributed by atoms with Crippen molar-refractivity contribution in [1.29, 1.82) is 0 Å². The third kappa shape index (κ3) is 9.95. The fourth-order valence-electron chi connectivity index (χ4n) is 5.95. The molecule has 0 N–H and O–H groups in total. The molecule has 0 aliphatic rings. The van der Waals surface area contributed by atoms with Gasteiger partial charge in [-0.2, -0.15) is 0 Å². The molecule has 0 aromatic heterocycles. The van der Waals surface area contributed by atoms with Gasteiger partial charge < -0.3 is 18.9 Å². The van der Waals surface area contributed by atoms with E-state index < -0.39 is 19.7 Å². The van der Waals surface area contributed by atoms with Gasteiger partial charge in [-0.15, -0.1) is 0 Å². The Hall–Kier alpha value is -5.58. The number of hydrogen-bond acceptors (Lipinski definition) is 8. The van der Waals surface area contributed by atoms with Crippen LogP contribution in [-0.2, 0) is 19.7 Å². The predicted molar refractivity (Wildman–Crippen MR) is 212 cm³/mol. The molecular weight excluding hydrogens is 733 g/mol. The van der Waals surface area contributed by atoms with Gasteiger partial charge in [0.15, 0.2) is 0 Å². The highest BCUT2D eigenvalue weighted by Crippen LogP contribution is 2.34. The first-order valence-corrected chi connectivity index (χ1v) is 21.2. The van der Waals surface area contributed by atoms with Gasteiger partial charge in [0.25, 0.3) is 0 Å². The molecule has 0 fully saturated rings. The van der Waals surface area contributed by atoms with E-state index in [4.69, 9.17) is 18.9 Å². The molecule has 55 heavy (non-hydrogen) atoms. The summed E-state index contributed by atoms with van der Waals surface area (Å²) in [4.78, 5) is 0.516. The molecule has 6 aromatic carbocycles. The number of sulfone groups is 2. The molecule has 0 saturated heterocycles. The van der Waals surface area contributed by atoms with Crippen molar-refractivity contribution in [3.8, 4) is 23.0 Å². The summed E-state index contributed by atoms with van der Waals surface area (Å²) in [7, 11) is -7.68. The van der Waals surface area contributed by atoms with Gasteiger partial charge in [-0.05, 0) is 117 Å². The van der Waals surface area contributed by atoms with Gasteiger partial charge >= 0.3 is 0 Å². The van der Waals surface area contributed by atoms with Crippen molar-refractivity contribution in [3.63, 3.8) is 0 Å². The minimum Gasteiger partial charge on any atom is -0.494 e. The Morgan fingerprint density at radius 1 is 0.418 bits per heavy atom. The zero-order chi connectivity index (χ0) is 38.7. The van der Waals surface area contributed by atoms with Gasteiger partial charge in [-0.1, -0.05) is 84.9 Å². The third-order valence-corrected chi connectivity index (χ3v) is 12.6. The van der Waals surface area contributed by atoms with Crippen LogP contribution in [0.1, 0.15) is 56.4 Å². The van der Waals surface area contributed by atoms with Crippen LogP contribution in [0, 0.1) is 0 Å². The minimum absolute atomic E-state index is 0.107. The van der Waals surface area contributed by atoms with Crippen LogP contribution in [0.5, 0.6) is 23.0 Å². The molecule has 0 amide bonds. The van der Waals surface area contributed by atoms with Crippen LogP contribution in [0.3, 0.4) is 0 Å².